The second kappa shape index (κ2) is 6.02. The normalized spacial score (nSPS) is 13.2. The van der Waals surface area contributed by atoms with E-state index in [0.29, 0.717) is 16.8 Å². The third kappa shape index (κ3) is 2.86. The van der Waals surface area contributed by atoms with Gasteiger partial charge < -0.3 is 10.4 Å². The number of nitrogens with one attached hydrogen (secondary N) is 1. The zero-order valence-electron chi connectivity index (χ0n) is 12.9. The summed E-state index contributed by atoms with van der Waals surface area (Å²) >= 11 is 0. The summed E-state index contributed by atoms with van der Waals surface area (Å²) in [6.07, 6.45) is 0. The highest BCUT2D eigenvalue weighted by molar-refractivity contribution is 5.90. The molecule has 0 aliphatic heterocycles. The van der Waals surface area contributed by atoms with Crippen LogP contribution in [0.15, 0.2) is 48.5 Å². The molecule has 0 fully saturated rings. The van der Waals surface area contributed by atoms with Crippen LogP contribution >= 0.6 is 0 Å². The van der Waals surface area contributed by atoms with Crippen molar-refractivity contribution in [2.45, 2.75) is 26.2 Å². The molecule has 22 heavy (non-hydrogen) atoms. The molecule has 0 saturated heterocycles. The first-order valence-corrected chi connectivity index (χ1v) is 7.03. The Morgan fingerprint density at radius 2 is 1.68 bits per heavy atom. The van der Waals surface area contributed by atoms with Crippen LogP contribution in [0.1, 0.15) is 30.5 Å². The molecule has 114 valence electrons. The molecule has 1 amide bonds. The summed E-state index contributed by atoms with van der Waals surface area (Å²) in [5.74, 6) is -1.06. The molecular formula is C18H19NO3. The number of aliphatic carboxylic acids is 1. The lowest BCUT2D eigenvalue weighted by molar-refractivity contribution is -0.141. The molecule has 1 atom stereocenters. The molecular weight excluding hydrogens is 278 g/mol. The molecule has 0 aliphatic rings. The van der Waals surface area contributed by atoms with Crippen molar-refractivity contribution in [1.29, 1.82) is 0 Å². The number of carboxylic acid groups (broad SMARTS) is 1. The molecule has 0 spiro atoms. The summed E-state index contributed by atoms with van der Waals surface area (Å²) in [5.41, 5.74) is 1.78. The first kappa shape index (κ1) is 15.8. The molecule has 0 saturated carbocycles. The number of rotatable bonds is 4. The zero-order valence-corrected chi connectivity index (χ0v) is 12.9. The predicted octanol–water partition coefficient (Wildman–Crippen LogP) is 3.34. The number of carbonyl (C=O) groups is 2. The number of anilines is 1. The fourth-order valence-corrected chi connectivity index (χ4v) is 2.49. The largest absolute Gasteiger partial charge is 0.480 e. The Kier molecular flexibility index (Phi) is 4.31. The van der Waals surface area contributed by atoms with Gasteiger partial charge in [0.15, 0.2) is 0 Å². The molecule has 2 aromatic rings. The molecule has 4 heteroatoms. The van der Waals surface area contributed by atoms with Crippen molar-refractivity contribution in [3.05, 3.63) is 65.2 Å². The van der Waals surface area contributed by atoms with Gasteiger partial charge >= 0.3 is 5.97 Å². The maximum absolute atomic E-state index is 11.9. The van der Waals surface area contributed by atoms with E-state index < -0.39 is 11.4 Å². The van der Waals surface area contributed by atoms with E-state index in [4.69, 9.17) is 0 Å². The van der Waals surface area contributed by atoms with Gasteiger partial charge in [0.2, 0.25) is 5.91 Å². The first-order valence-electron chi connectivity index (χ1n) is 7.03. The van der Waals surface area contributed by atoms with Crippen molar-refractivity contribution >= 4 is 17.6 Å². The van der Waals surface area contributed by atoms with Crippen molar-refractivity contribution in [3.63, 3.8) is 0 Å². The molecule has 0 aliphatic carbocycles. The van der Waals surface area contributed by atoms with Gasteiger partial charge in [0.25, 0.3) is 0 Å². The van der Waals surface area contributed by atoms with Crippen LogP contribution in [0.25, 0.3) is 0 Å². The van der Waals surface area contributed by atoms with Crippen LogP contribution in [0.2, 0.25) is 0 Å². The Hall–Kier alpha value is -2.62. The Morgan fingerprint density at radius 1 is 1.05 bits per heavy atom. The molecule has 1 unspecified atom stereocenters. The minimum Gasteiger partial charge on any atom is -0.480 e. The van der Waals surface area contributed by atoms with E-state index in [1.54, 1.807) is 19.1 Å². The Labute approximate surface area is 129 Å². The van der Waals surface area contributed by atoms with Crippen molar-refractivity contribution in [2.24, 2.45) is 0 Å². The highest BCUT2D eigenvalue weighted by atomic mass is 16.4. The molecule has 0 heterocycles. The number of hydrogen-bond donors (Lipinski definition) is 2. The minimum atomic E-state index is -1.14. The summed E-state index contributed by atoms with van der Waals surface area (Å²) in [5, 5.41) is 12.5. The lowest BCUT2D eigenvalue weighted by Crippen LogP contribution is -2.33. The van der Waals surface area contributed by atoms with Crippen LogP contribution in [-0.4, -0.2) is 17.0 Å². The lowest BCUT2D eigenvalue weighted by atomic mass is 9.76. The van der Waals surface area contributed by atoms with E-state index in [9.17, 15) is 14.7 Å². The second-order valence-electron chi connectivity index (χ2n) is 5.51. The fraction of sp³-hybridized carbons (Fsp3) is 0.222. The van der Waals surface area contributed by atoms with Gasteiger partial charge in [-0.2, -0.15) is 0 Å². The summed E-state index contributed by atoms with van der Waals surface area (Å²) in [4.78, 5) is 23.1. The van der Waals surface area contributed by atoms with E-state index in [-0.39, 0.29) is 5.91 Å². The minimum absolute atomic E-state index is 0.153. The average molecular weight is 297 g/mol. The number of aryl methyl sites for hydroxylation is 1. The molecule has 0 radical (unpaired) electrons. The van der Waals surface area contributed by atoms with Gasteiger partial charge in [0, 0.05) is 12.6 Å². The van der Waals surface area contributed by atoms with E-state index in [0.717, 1.165) is 5.56 Å². The number of carbonyl (C=O) groups excluding carboxylic acids is 1. The van der Waals surface area contributed by atoms with E-state index in [1.165, 1.54) is 6.92 Å². The third-order valence-corrected chi connectivity index (χ3v) is 3.89. The maximum Gasteiger partial charge on any atom is 0.318 e. The Morgan fingerprint density at radius 3 is 2.18 bits per heavy atom. The lowest BCUT2D eigenvalue weighted by Gasteiger charge is -2.27. The first-order chi connectivity index (χ1) is 10.4. The molecule has 2 N–H and O–H groups in total. The zero-order chi connectivity index (χ0) is 16.3. The molecule has 4 nitrogen and oxygen atoms in total. The van der Waals surface area contributed by atoms with Gasteiger partial charge in [-0.05, 0) is 36.6 Å². The molecule has 2 rings (SSSR count). The van der Waals surface area contributed by atoms with Crippen molar-refractivity contribution < 1.29 is 14.7 Å². The van der Waals surface area contributed by atoms with Crippen LogP contribution < -0.4 is 5.32 Å². The highest BCUT2D eigenvalue weighted by Crippen LogP contribution is 2.34. The Bertz CT molecular complexity index is 710. The second-order valence-corrected chi connectivity index (χ2v) is 5.51. The van der Waals surface area contributed by atoms with Gasteiger partial charge in [0.05, 0.1) is 0 Å². The summed E-state index contributed by atoms with van der Waals surface area (Å²) in [7, 11) is 0. The Balaban J connectivity index is 2.53. The van der Waals surface area contributed by atoms with Crippen molar-refractivity contribution in [3.8, 4) is 0 Å². The topological polar surface area (TPSA) is 66.4 Å². The smallest absolute Gasteiger partial charge is 0.318 e. The van der Waals surface area contributed by atoms with Crippen LogP contribution in [-0.2, 0) is 15.0 Å². The number of carboxylic acids is 1. The van der Waals surface area contributed by atoms with Crippen LogP contribution in [0.5, 0.6) is 0 Å². The van der Waals surface area contributed by atoms with Crippen LogP contribution in [0.3, 0.4) is 0 Å². The van der Waals surface area contributed by atoms with Gasteiger partial charge in [0.1, 0.15) is 5.41 Å². The van der Waals surface area contributed by atoms with E-state index >= 15 is 0 Å². The van der Waals surface area contributed by atoms with Gasteiger partial charge in [-0.15, -0.1) is 0 Å². The van der Waals surface area contributed by atoms with Gasteiger partial charge in [-0.3, -0.25) is 9.59 Å². The summed E-state index contributed by atoms with van der Waals surface area (Å²) in [6.45, 7) is 4.98. The summed E-state index contributed by atoms with van der Waals surface area (Å²) in [6, 6.07) is 14.4. The fourth-order valence-electron chi connectivity index (χ4n) is 2.49. The van der Waals surface area contributed by atoms with Gasteiger partial charge in [-0.25, -0.2) is 0 Å². The maximum atomic E-state index is 11.9. The van der Waals surface area contributed by atoms with Crippen LogP contribution in [0, 0.1) is 6.92 Å². The third-order valence-electron chi connectivity index (χ3n) is 3.89. The summed E-state index contributed by atoms with van der Waals surface area (Å²) < 4.78 is 0. The predicted molar refractivity (Wildman–Crippen MR) is 86.0 cm³/mol. The van der Waals surface area contributed by atoms with Crippen LogP contribution in [0.4, 0.5) is 5.69 Å². The van der Waals surface area contributed by atoms with E-state index in [2.05, 4.69) is 5.32 Å². The van der Waals surface area contributed by atoms with Gasteiger partial charge in [-0.1, -0.05) is 42.5 Å². The average Bonchev–Trinajstić information content (AvgIpc) is 2.48. The van der Waals surface area contributed by atoms with E-state index in [1.807, 2.05) is 43.3 Å². The molecule has 0 bridgehead atoms. The molecule has 2 aromatic carbocycles. The van der Waals surface area contributed by atoms with Crippen molar-refractivity contribution in [2.75, 3.05) is 5.32 Å². The monoisotopic (exact) mass is 297 g/mol. The number of hydrogen-bond acceptors (Lipinski definition) is 2. The number of benzene rings is 2. The molecule has 0 aromatic heterocycles. The highest BCUT2D eigenvalue weighted by Gasteiger charge is 2.37. The SMILES string of the molecule is CC(=O)Nc1ccc(C(C)(C(=O)O)c2ccccc2)cc1C. The standard InChI is InChI=1S/C18H19NO3/c1-12-11-15(9-10-16(12)19-13(2)20)18(3,17(21)22)14-7-5-4-6-8-14/h4-11H,1-3H3,(H,19,20)(H,21,22). The quantitative estimate of drug-likeness (QED) is 0.909. The number of amides is 1. The van der Waals surface area contributed by atoms with Crippen molar-refractivity contribution in [1.82, 2.24) is 0 Å².